The fraction of sp³-hybridized carbons (Fsp3) is 0.444. The van der Waals surface area contributed by atoms with Crippen molar-refractivity contribution in [1.29, 1.82) is 0 Å². The van der Waals surface area contributed by atoms with Crippen molar-refractivity contribution >= 4 is 6.03 Å². The zero-order valence-corrected chi connectivity index (χ0v) is 15.0. The molecule has 2 rings (SSSR count). The fourth-order valence-corrected chi connectivity index (χ4v) is 2.68. The van der Waals surface area contributed by atoms with Crippen molar-refractivity contribution < 1.29 is 14.6 Å². The lowest BCUT2D eigenvalue weighted by atomic mass is 10.1. The highest BCUT2D eigenvalue weighted by atomic mass is 16.5. The second-order valence-electron chi connectivity index (χ2n) is 5.84. The normalized spacial score (nSPS) is 12.0. The molecule has 0 bridgehead atoms. The van der Waals surface area contributed by atoms with Crippen LogP contribution in [-0.2, 0) is 17.8 Å². The van der Waals surface area contributed by atoms with Gasteiger partial charge in [-0.2, -0.15) is 5.10 Å². The van der Waals surface area contributed by atoms with Crippen molar-refractivity contribution in [2.75, 3.05) is 20.3 Å². The molecule has 2 aromatic rings. The van der Waals surface area contributed by atoms with Crippen LogP contribution in [0.25, 0.3) is 0 Å². The molecule has 25 heavy (non-hydrogen) atoms. The van der Waals surface area contributed by atoms with Gasteiger partial charge in [-0.05, 0) is 19.4 Å². The van der Waals surface area contributed by atoms with Crippen molar-refractivity contribution in [3.63, 3.8) is 0 Å². The Labute approximate surface area is 148 Å². The lowest BCUT2D eigenvalue weighted by Gasteiger charge is -2.17. The summed E-state index contributed by atoms with van der Waals surface area (Å²) in [5.74, 6) is 0. The molecule has 0 radical (unpaired) electrons. The molecule has 3 N–H and O–H groups in total. The Bertz CT molecular complexity index is 685. The number of carbonyl (C=O) groups is 1. The highest BCUT2D eigenvalue weighted by Gasteiger charge is 2.15. The van der Waals surface area contributed by atoms with E-state index in [1.54, 1.807) is 7.11 Å². The summed E-state index contributed by atoms with van der Waals surface area (Å²) in [5, 5.41) is 19.6. The van der Waals surface area contributed by atoms with E-state index in [1.165, 1.54) is 0 Å². The lowest BCUT2D eigenvalue weighted by Crippen LogP contribution is -2.39. The third kappa shape index (κ3) is 5.04. The standard InChI is InChI=1S/C18H26N4O3/c1-13-16(14(2)22(21-13)9-10-25-3)11-19-18(24)20-17(12-23)15-7-5-4-6-8-15/h4-8,17,23H,9-12H2,1-3H3,(H2,19,20,24). The summed E-state index contributed by atoms with van der Waals surface area (Å²) in [7, 11) is 1.66. The molecule has 0 spiro atoms. The number of nitrogens with one attached hydrogen (secondary N) is 2. The van der Waals surface area contributed by atoms with Gasteiger partial charge < -0.3 is 20.5 Å². The molecule has 7 heteroatoms. The summed E-state index contributed by atoms with van der Waals surface area (Å²) in [5.41, 5.74) is 3.75. The van der Waals surface area contributed by atoms with Crippen LogP contribution in [0.1, 0.15) is 28.6 Å². The number of aromatic nitrogens is 2. The summed E-state index contributed by atoms with van der Waals surface area (Å²) in [6, 6.07) is 8.62. The van der Waals surface area contributed by atoms with Crippen LogP contribution in [0.4, 0.5) is 4.79 Å². The second kappa shape index (κ2) is 9.19. The van der Waals surface area contributed by atoms with Crippen molar-refractivity contribution in [2.45, 2.75) is 33.0 Å². The maximum Gasteiger partial charge on any atom is 0.315 e. The molecule has 0 saturated carbocycles. The smallest absolute Gasteiger partial charge is 0.315 e. The van der Waals surface area contributed by atoms with Gasteiger partial charge in [-0.25, -0.2) is 4.79 Å². The molecule has 0 fully saturated rings. The summed E-state index contributed by atoms with van der Waals surface area (Å²) in [4.78, 5) is 12.2. The van der Waals surface area contributed by atoms with Gasteiger partial charge in [-0.15, -0.1) is 0 Å². The lowest BCUT2D eigenvalue weighted by molar-refractivity contribution is 0.182. The summed E-state index contributed by atoms with van der Waals surface area (Å²) in [6.07, 6.45) is 0. The molecule has 2 amide bonds. The third-order valence-corrected chi connectivity index (χ3v) is 4.15. The van der Waals surface area contributed by atoms with Crippen LogP contribution < -0.4 is 10.6 Å². The second-order valence-corrected chi connectivity index (χ2v) is 5.84. The molecule has 1 atom stereocenters. The first-order valence-corrected chi connectivity index (χ1v) is 8.28. The first-order chi connectivity index (χ1) is 12.1. The van der Waals surface area contributed by atoms with Gasteiger partial charge in [0.25, 0.3) is 0 Å². The van der Waals surface area contributed by atoms with Gasteiger partial charge in [0.05, 0.1) is 31.5 Å². The van der Waals surface area contributed by atoms with Crippen molar-refractivity contribution in [3.8, 4) is 0 Å². The average Bonchev–Trinajstić information content (AvgIpc) is 2.90. The Morgan fingerprint density at radius 3 is 2.68 bits per heavy atom. The van der Waals surface area contributed by atoms with E-state index in [2.05, 4.69) is 15.7 Å². The minimum absolute atomic E-state index is 0.162. The topological polar surface area (TPSA) is 88.4 Å². The molecule has 1 aromatic heterocycles. The number of aryl methyl sites for hydroxylation is 1. The number of aliphatic hydroxyl groups is 1. The van der Waals surface area contributed by atoms with Gasteiger partial charge in [-0.3, -0.25) is 4.68 Å². The van der Waals surface area contributed by atoms with Crippen LogP contribution in [0.5, 0.6) is 0 Å². The molecule has 0 aliphatic carbocycles. The molecule has 7 nitrogen and oxygen atoms in total. The number of rotatable bonds is 8. The van der Waals surface area contributed by atoms with Crippen LogP contribution in [0.2, 0.25) is 0 Å². The van der Waals surface area contributed by atoms with Crippen LogP contribution >= 0.6 is 0 Å². The van der Waals surface area contributed by atoms with Crippen LogP contribution in [-0.4, -0.2) is 41.2 Å². The van der Waals surface area contributed by atoms with Crippen molar-refractivity contribution in [2.24, 2.45) is 0 Å². The SMILES string of the molecule is COCCn1nc(C)c(CNC(=O)NC(CO)c2ccccc2)c1C. The first-order valence-electron chi connectivity index (χ1n) is 8.28. The van der Waals surface area contributed by atoms with Crippen molar-refractivity contribution in [1.82, 2.24) is 20.4 Å². The van der Waals surface area contributed by atoms with Gasteiger partial charge >= 0.3 is 6.03 Å². The molecular formula is C18H26N4O3. The minimum Gasteiger partial charge on any atom is -0.394 e. The van der Waals surface area contributed by atoms with Crippen LogP contribution in [0.3, 0.4) is 0 Å². The Morgan fingerprint density at radius 2 is 2.04 bits per heavy atom. The van der Waals surface area contributed by atoms with Gasteiger partial charge in [0.2, 0.25) is 0 Å². The Kier molecular flexibility index (Phi) is 6.97. The van der Waals surface area contributed by atoms with Gasteiger partial charge in [0.1, 0.15) is 0 Å². The van der Waals surface area contributed by atoms with Gasteiger partial charge in [-0.1, -0.05) is 30.3 Å². The number of ether oxygens (including phenoxy) is 1. The monoisotopic (exact) mass is 346 g/mol. The zero-order chi connectivity index (χ0) is 18.2. The van der Waals surface area contributed by atoms with E-state index in [1.807, 2.05) is 48.9 Å². The predicted octanol–water partition coefficient (Wildman–Crippen LogP) is 1.68. The quantitative estimate of drug-likeness (QED) is 0.678. The van der Waals surface area contributed by atoms with Crippen LogP contribution in [0, 0.1) is 13.8 Å². The predicted molar refractivity (Wildman–Crippen MR) is 95.2 cm³/mol. The van der Waals surface area contributed by atoms with E-state index in [9.17, 15) is 9.90 Å². The van der Waals surface area contributed by atoms with E-state index in [0.29, 0.717) is 19.7 Å². The average molecular weight is 346 g/mol. The first kappa shape index (κ1) is 19.0. The highest BCUT2D eigenvalue weighted by Crippen LogP contribution is 2.14. The summed E-state index contributed by atoms with van der Waals surface area (Å²) >= 11 is 0. The number of hydrogen-bond acceptors (Lipinski definition) is 4. The highest BCUT2D eigenvalue weighted by molar-refractivity contribution is 5.74. The molecular weight excluding hydrogens is 320 g/mol. The maximum absolute atomic E-state index is 12.2. The molecule has 0 aliphatic heterocycles. The third-order valence-electron chi connectivity index (χ3n) is 4.15. The Balaban J connectivity index is 1.94. The number of carbonyl (C=O) groups excluding carboxylic acids is 1. The van der Waals surface area contributed by atoms with E-state index >= 15 is 0 Å². The minimum atomic E-state index is -0.437. The maximum atomic E-state index is 12.2. The van der Waals surface area contributed by atoms with Crippen molar-refractivity contribution in [3.05, 3.63) is 52.8 Å². The zero-order valence-electron chi connectivity index (χ0n) is 15.0. The Morgan fingerprint density at radius 1 is 1.32 bits per heavy atom. The number of hydrogen-bond donors (Lipinski definition) is 3. The fourth-order valence-electron chi connectivity index (χ4n) is 2.68. The van der Waals surface area contributed by atoms with E-state index < -0.39 is 6.04 Å². The molecule has 0 saturated heterocycles. The number of methoxy groups -OCH3 is 1. The summed E-state index contributed by atoms with van der Waals surface area (Å²) in [6.45, 7) is 5.38. The Hall–Kier alpha value is -2.38. The molecule has 1 unspecified atom stereocenters. The number of benzene rings is 1. The summed E-state index contributed by atoms with van der Waals surface area (Å²) < 4.78 is 6.97. The van der Waals surface area contributed by atoms with Crippen LogP contribution in [0.15, 0.2) is 30.3 Å². The molecule has 136 valence electrons. The molecule has 1 aromatic carbocycles. The van der Waals surface area contributed by atoms with Gasteiger partial charge in [0, 0.05) is 24.9 Å². The van der Waals surface area contributed by atoms with E-state index in [-0.39, 0.29) is 12.6 Å². The van der Waals surface area contributed by atoms with E-state index in [4.69, 9.17) is 4.74 Å². The number of urea groups is 1. The molecule has 1 heterocycles. The number of amides is 2. The largest absolute Gasteiger partial charge is 0.394 e. The van der Waals surface area contributed by atoms with E-state index in [0.717, 1.165) is 22.5 Å². The van der Waals surface area contributed by atoms with Gasteiger partial charge in [0.15, 0.2) is 0 Å². The number of nitrogens with zero attached hydrogens (tertiary/aromatic N) is 2. The molecule has 0 aliphatic rings. The number of aliphatic hydroxyl groups excluding tert-OH is 1.